The molecule has 0 aromatic heterocycles. The molecule has 2 aromatic rings. The first-order valence-electron chi connectivity index (χ1n) is 8.85. The number of nitro benzene ring substituents is 1. The van der Waals surface area contributed by atoms with Gasteiger partial charge in [-0.15, -0.1) is 0 Å². The zero-order chi connectivity index (χ0) is 21.6. The van der Waals surface area contributed by atoms with E-state index in [4.69, 9.17) is 22.3 Å². The molecule has 0 fully saturated rings. The number of guanidine groups is 1. The Morgan fingerprint density at radius 2 is 1.76 bits per heavy atom. The molecule has 10 heteroatoms. The van der Waals surface area contributed by atoms with E-state index in [1.54, 1.807) is 0 Å². The average molecular weight is 402 g/mol. The van der Waals surface area contributed by atoms with Crippen LogP contribution in [-0.4, -0.2) is 34.5 Å². The smallest absolute Gasteiger partial charge is 0.320 e. The predicted octanol–water partition coefficient (Wildman–Crippen LogP) is 1.46. The number of nitrogens with zero attached hydrogens (tertiary/aromatic N) is 2. The van der Waals surface area contributed by atoms with Gasteiger partial charge in [0, 0.05) is 30.9 Å². The molecule has 0 heterocycles. The van der Waals surface area contributed by atoms with Crippen LogP contribution >= 0.6 is 0 Å². The number of non-ortho nitro benzene ring substituents is 1. The van der Waals surface area contributed by atoms with Gasteiger partial charge < -0.3 is 27.6 Å². The van der Waals surface area contributed by atoms with Crippen LogP contribution in [0.2, 0.25) is 0 Å². The van der Waals surface area contributed by atoms with E-state index in [0.29, 0.717) is 31.6 Å². The highest BCUT2D eigenvalue weighted by atomic mass is 16.6. The standard InChI is InChI=1S/C13H20N4O2.C6H6N2O2/c14-13(15)16-8-4-7-11(12(18)19)17-9-10-5-2-1-3-6-10;7-5-1-3-6(4-2-5)8(9)10/h1-3,5-6,11,17H,4,7-9H2,(H,18,19)(H4,14,15,16);1-4H,7H2/t11-;/m0./s1. The van der Waals surface area contributed by atoms with E-state index in [2.05, 4.69) is 10.3 Å². The zero-order valence-electron chi connectivity index (χ0n) is 15.9. The summed E-state index contributed by atoms with van der Waals surface area (Å²) in [5, 5.41) is 22.2. The fourth-order valence-corrected chi connectivity index (χ4v) is 2.25. The van der Waals surface area contributed by atoms with Gasteiger partial charge in [0.05, 0.1) is 4.92 Å². The number of benzene rings is 2. The van der Waals surface area contributed by atoms with Crippen molar-refractivity contribution in [2.45, 2.75) is 25.4 Å². The summed E-state index contributed by atoms with van der Waals surface area (Å²) in [5.41, 5.74) is 17.4. The summed E-state index contributed by atoms with van der Waals surface area (Å²) in [6.07, 6.45) is 1.11. The van der Waals surface area contributed by atoms with Gasteiger partial charge in [0.2, 0.25) is 0 Å². The van der Waals surface area contributed by atoms with Crippen LogP contribution in [0.5, 0.6) is 0 Å². The van der Waals surface area contributed by atoms with Crippen LogP contribution in [-0.2, 0) is 11.3 Å². The lowest BCUT2D eigenvalue weighted by molar-refractivity contribution is -0.384. The summed E-state index contributed by atoms with van der Waals surface area (Å²) >= 11 is 0. The van der Waals surface area contributed by atoms with Crippen molar-refractivity contribution in [1.29, 1.82) is 0 Å². The molecule has 8 N–H and O–H groups in total. The van der Waals surface area contributed by atoms with Gasteiger partial charge in [0.15, 0.2) is 5.96 Å². The molecule has 2 rings (SSSR count). The third kappa shape index (κ3) is 10.3. The maximum absolute atomic E-state index is 11.1. The maximum Gasteiger partial charge on any atom is 0.320 e. The van der Waals surface area contributed by atoms with Crippen molar-refractivity contribution in [2.75, 3.05) is 12.3 Å². The average Bonchev–Trinajstić information content (AvgIpc) is 2.68. The second kappa shape index (κ2) is 12.7. The second-order valence-corrected chi connectivity index (χ2v) is 6.05. The van der Waals surface area contributed by atoms with Gasteiger partial charge >= 0.3 is 5.97 Å². The minimum atomic E-state index is -0.861. The number of carboxylic acids is 1. The fourth-order valence-electron chi connectivity index (χ4n) is 2.25. The van der Waals surface area contributed by atoms with Crippen LogP contribution in [0.4, 0.5) is 11.4 Å². The molecule has 10 nitrogen and oxygen atoms in total. The molecule has 0 radical (unpaired) electrons. The van der Waals surface area contributed by atoms with Crippen molar-refractivity contribution >= 4 is 23.3 Å². The highest BCUT2D eigenvalue weighted by molar-refractivity contribution is 5.75. The summed E-state index contributed by atoms with van der Waals surface area (Å²) in [4.78, 5) is 24.5. The fraction of sp³-hybridized carbons (Fsp3) is 0.263. The molecule has 156 valence electrons. The Kier molecular flexibility index (Phi) is 10.2. The molecule has 0 amide bonds. The number of nitrogens with one attached hydrogen (secondary N) is 1. The van der Waals surface area contributed by atoms with Crippen molar-refractivity contribution in [3.05, 3.63) is 70.3 Å². The molecule has 0 saturated heterocycles. The van der Waals surface area contributed by atoms with Crippen molar-refractivity contribution in [2.24, 2.45) is 16.5 Å². The van der Waals surface area contributed by atoms with Crippen molar-refractivity contribution in [3.8, 4) is 0 Å². The number of carbonyl (C=O) groups is 1. The minimum absolute atomic E-state index is 0.0316. The molecular weight excluding hydrogens is 376 g/mol. The highest BCUT2D eigenvalue weighted by Crippen LogP contribution is 2.12. The molecule has 1 atom stereocenters. The van der Waals surface area contributed by atoms with Crippen LogP contribution in [0.3, 0.4) is 0 Å². The first kappa shape index (κ1) is 23.4. The van der Waals surface area contributed by atoms with Gasteiger partial charge in [-0.1, -0.05) is 30.3 Å². The quantitative estimate of drug-likeness (QED) is 0.104. The van der Waals surface area contributed by atoms with Crippen molar-refractivity contribution in [1.82, 2.24) is 5.32 Å². The Morgan fingerprint density at radius 1 is 1.14 bits per heavy atom. The Hall–Kier alpha value is -3.66. The maximum atomic E-state index is 11.1. The molecule has 0 saturated carbocycles. The second-order valence-electron chi connectivity index (χ2n) is 6.05. The summed E-state index contributed by atoms with van der Waals surface area (Å²) in [6, 6.07) is 14.8. The van der Waals surface area contributed by atoms with E-state index >= 15 is 0 Å². The van der Waals surface area contributed by atoms with E-state index in [9.17, 15) is 14.9 Å². The Balaban J connectivity index is 0.000000352. The van der Waals surface area contributed by atoms with Crippen molar-refractivity contribution < 1.29 is 14.8 Å². The number of aliphatic carboxylic acids is 1. The van der Waals surface area contributed by atoms with Gasteiger partial charge in [-0.25, -0.2) is 0 Å². The number of carboxylic acid groups (broad SMARTS) is 1. The summed E-state index contributed by atoms with van der Waals surface area (Å²) in [6.45, 7) is 0.971. The van der Waals surface area contributed by atoms with Crippen molar-refractivity contribution in [3.63, 3.8) is 0 Å². The van der Waals surface area contributed by atoms with Crippen LogP contribution < -0.4 is 22.5 Å². The topological polar surface area (TPSA) is 183 Å². The number of hydrogen-bond donors (Lipinski definition) is 5. The van der Waals surface area contributed by atoms with Crippen LogP contribution in [0, 0.1) is 10.1 Å². The number of nitro groups is 1. The molecule has 0 unspecified atom stereocenters. The number of anilines is 1. The van der Waals surface area contributed by atoms with Crippen LogP contribution in [0.1, 0.15) is 18.4 Å². The van der Waals surface area contributed by atoms with E-state index in [-0.39, 0.29) is 11.6 Å². The number of nitrogens with two attached hydrogens (primary N) is 3. The number of hydrogen-bond acceptors (Lipinski definition) is 6. The lowest BCUT2D eigenvalue weighted by Crippen LogP contribution is -2.36. The molecule has 0 bridgehead atoms. The number of aliphatic imine (C=N–C) groups is 1. The lowest BCUT2D eigenvalue weighted by atomic mass is 10.1. The predicted molar refractivity (Wildman–Crippen MR) is 112 cm³/mol. The Bertz CT molecular complexity index is 792. The third-order valence-electron chi connectivity index (χ3n) is 3.74. The SMILES string of the molecule is NC(N)=NCCC[C@H](NCc1ccccc1)C(=O)O.Nc1ccc([N+](=O)[O-])cc1. The summed E-state index contributed by atoms with van der Waals surface area (Å²) in [7, 11) is 0. The van der Waals surface area contributed by atoms with Gasteiger partial charge in [0.1, 0.15) is 6.04 Å². The largest absolute Gasteiger partial charge is 0.480 e. The van der Waals surface area contributed by atoms with Gasteiger partial charge in [-0.05, 0) is 30.5 Å². The number of rotatable bonds is 9. The van der Waals surface area contributed by atoms with E-state index < -0.39 is 16.9 Å². The monoisotopic (exact) mass is 402 g/mol. The molecule has 2 aromatic carbocycles. The van der Waals surface area contributed by atoms with Crippen LogP contribution in [0.15, 0.2) is 59.6 Å². The highest BCUT2D eigenvalue weighted by Gasteiger charge is 2.15. The third-order valence-corrected chi connectivity index (χ3v) is 3.74. The van der Waals surface area contributed by atoms with Crippen LogP contribution in [0.25, 0.3) is 0 Å². The molecule has 0 aliphatic carbocycles. The first-order chi connectivity index (χ1) is 13.8. The molecule has 0 spiro atoms. The molecule has 29 heavy (non-hydrogen) atoms. The van der Waals surface area contributed by atoms with Gasteiger partial charge in [-0.3, -0.25) is 19.9 Å². The first-order valence-corrected chi connectivity index (χ1v) is 8.85. The summed E-state index contributed by atoms with van der Waals surface area (Å²) in [5.74, 6) is -0.829. The Labute approximate surface area is 168 Å². The van der Waals surface area contributed by atoms with E-state index in [0.717, 1.165) is 5.56 Å². The Morgan fingerprint density at radius 3 is 2.28 bits per heavy atom. The van der Waals surface area contributed by atoms with E-state index in [1.165, 1.54) is 24.3 Å². The minimum Gasteiger partial charge on any atom is -0.480 e. The van der Waals surface area contributed by atoms with Gasteiger partial charge in [-0.2, -0.15) is 0 Å². The number of nitrogen functional groups attached to an aromatic ring is 1. The zero-order valence-corrected chi connectivity index (χ0v) is 15.9. The molecule has 0 aliphatic heterocycles. The normalized spacial score (nSPS) is 10.9. The van der Waals surface area contributed by atoms with Gasteiger partial charge in [0.25, 0.3) is 5.69 Å². The molecule has 0 aliphatic rings. The summed E-state index contributed by atoms with van der Waals surface area (Å²) < 4.78 is 0. The lowest BCUT2D eigenvalue weighted by Gasteiger charge is -2.13. The molecular formula is C19H26N6O4. The van der Waals surface area contributed by atoms with E-state index in [1.807, 2.05) is 30.3 Å².